The fourth-order valence-electron chi connectivity index (χ4n) is 2.59. The van der Waals surface area contributed by atoms with Crippen molar-refractivity contribution in [2.45, 2.75) is 37.6 Å². The van der Waals surface area contributed by atoms with Gasteiger partial charge in [-0.3, -0.25) is 4.79 Å². The van der Waals surface area contributed by atoms with Crippen LogP contribution in [-0.4, -0.2) is 34.6 Å². The number of carbonyl (C=O) groups excluding carboxylic acids is 1. The van der Waals surface area contributed by atoms with Crippen LogP contribution in [0.25, 0.3) is 0 Å². The van der Waals surface area contributed by atoms with Crippen LogP contribution in [0.1, 0.15) is 38.3 Å². The monoisotopic (exact) mass is 420 g/mol. The maximum atomic E-state index is 12.2. The summed E-state index contributed by atoms with van der Waals surface area (Å²) in [4.78, 5) is 12.3. The highest BCUT2D eigenvalue weighted by Gasteiger charge is 2.14. The highest BCUT2D eigenvalue weighted by molar-refractivity contribution is 7.89. The molecule has 2 N–H and O–H groups in total. The summed E-state index contributed by atoms with van der Waals surface area (Å²) in [6.07, 6.45) is 1.69. The van der Waals surface area contributed by atoms with E-state index in [2.05, 4.69) is 10.0 Å². The molecule has 0 aromatic heterocycles. The highest BCUT2D eigenvalue weighted by atomic mass is 32.2. The zero-order valence-corrected chi connectivity index (χ0v) is 17.8. The maximum Gasteiger partial charge on any atom is 0.258 e. The highest BCUT2D eigenvalue weighted by Crippen LogP contribution is 2.18. The van der Waals surface area contributed by atoms with Gasteiger partial charge in [0.15, 0.2) is 6.61 Å². The molecule has 29 heavy (non-hydrogen) atoms. The lowest BCUT2D eigenvalue weighted by molar-refractivity contribution is -0.123. The Morgan fingerprint density at radius 3 is 2.24 bits per heavy atom. The quantitative estimate of drug-likeness (QED) is 0.545. The van der Waals surface area contributed by atoms with E-state index in [0.717, 1.165) is 24.2 Å². The molecule has 0 spiro atoms. The fraction of sp³-hybridized carbons (Fsp3) is 0.381. The van der Waals surface area contributed by atoms with Crippen molar-refractivity contribution in [3.05, 3.63) is 54.1 Å². The van der Waals surface area contributed by atoms with Gasteiger partial charge < -0.3 is 14.8 Å². The van der Waals surface area contributed by atoms with E-state index < -0.39 is 10.0 Å². The summed E-state index contributed by atoms with van der Waals surface area (Å²) in [5.74, 6) is 0.901. The van der Waals surface area contributed by atoms with Crippen LogP contribution in [0, 0.1) is 0 Å². The molecular formula is C21H28N2O5S. The number of hydrogen-bond acceptors (Lipinski definition) is 5. The average molecular weight is 421 g/mol. The van der Waals surface area contributed by atoms with Gasteiger partial charge in [0.05, 0.1) is 18.0 Å². The van der Waals surface area contributed by atoms with Gasteiger partial charge in [-0.2, -0.15) is 0 Å². The average Bonchev–Trinajstić information content (AvgIpc) is 2.72. The molecule has 1 atom stereocenters. The maximum absolute atomic E-state index is 12.2. The minimum Gasteiger partial charge on any atom is -0.497 e. The number of carbonyl (C=O) groups is 1. The molecule has 0 unspecified atom stereocenters. The molecule has 7 nitrogen and oxygen atoms in total. The smallest absolute Gasteiger partial charge is 0.258 e. The zero-order chi connectivity index (χ0) is 21.3. The Morgan fingerprint density at radius 1 is 1.03 bits per heavy atom. The lowest BCUT2D eigenvalue weighted by Gasteiger charge is -2.15. The molecule has 0 aliphatic heterocycles. The number of amides is 1. The van der Waals surface area contributed by atoms with Crippen LogP contribution in [0.2, 0.25) is 0 Å². The van der Waals surface area contributed by atoms with Crippen molar-refractivity contribution in [1.82, 2.24) is 10.0 Å². The van der Waals surface area contributed by atoms with E-state index in [1.54, 1.807) is 7.11 Å². The molecule has 0 radical (unpaired) electrons. The van der Waals surface area contributed by atoms with Crippen molar-refractivity contribution >= 4 is 15.9 Å². The molecular weight excluding hydrogens is 392 g/mol. The molecule has 0 heterocycles. The summed E-state index contributed by atoms with van der Waals surface area (Å²) in [5.41, 5.74) is 0.948. The number of nitrogens with one attached hydrogen (secondary N) is 2. The van der Waals surface area contributed by atoms with Crippen LogP contribution in [-0.2, 0) is 14.8 Å². The van der Waals surface area contributed by atoms with Crippen LogP contribution < -0.4 is 19.5 Å². The number of unbranched alkanes of at least 4 members (excludes halogenated alkanes) is 1. The lowest BCUT2D eigenvalue weighted by Crippen LogP contribution is -2.31. The van der Waals surface area contributed by atoms with E-state index in [9.17, 15) is 13.2 Å². The summed E-state index contributed by atoms with van der Waals surface area (Å²) in [6, 6.07) is 13.3. The Kier molecular flexibility index (Phi) is 8.48. The van der Waals surface area contributed by atoms with Gasteiger partial charge in [0.2, 0.25) is 10.0 Å². The van der Waals surface area contributed by atoms with Crippen LogP contribution in [0.15, 0.2) is 53.4 Å². The second kappa shape index (κ2) is 10.8. The molecule has 1 amide bonds. The molecule has 0 aliphatic rings. The predicted octanol–water partition coefficient (Wildman–Crippen LogP) is 3.03. The van der Waals surface area contributed by atoms with E-state index >= 15 is 0 Å². The zero-order valence-electron chi connectivity index (χ0n) is 17.0. The van der Waals surface area contributed by atoms with Crippen molar-refractivity contribution < 1.29 is 22.7 Å². The first-order valence-corrected chi connectivity index (χ1v) is 11.0. The van der Waals surface area contributed by atoms with Gasteiger partial charge in [-0.15, -0.1) is 0 Å². The Labute approximate surface area is 172 Å². The number of ether oxygens (including phenoxy) is 2. The standard InChI is InChI=1S/C21H28N2O5S/c1-4-5-14-22-29(25,26)20-12-10-19(11-13-20)28-15-21(24)23-16(2)17-6-8-18(27-3)9-7-17/h6-13,16,22H,4-5,14-15H2,1-3H3,(H,23,24)/t16-/m1/s1. The molecule has 158 valence electrons. The molecule has 0 bridgehead atoms. The minimum atomic E-state index is -3.53. The van der Waals surface area contributed by atoms with Crippen LogP contribution in [0.3, 0.4) is 0 Å². The summed E-state index contributed by atoms with van der Waals surface area (Å²) >= 11 is 0. The second-order valence-corrected chi connectivity index (χ2v) is 8.34. The Morgan fingerprint density at radius 2 is 1.66 bits per heavy atom. The van der Waals surface area contributed by atoms with Crippen molar-refractivity contribution in [3.8, 4) is 11.5 Å². The number of benzene rings is 2. The topological polar surface area (TPSA) is 93.7 Å². The first-order chi connectivity index (χ1) is 13.9. The summed E-state index contributed by atoms with van der Waals surface area (Å²) in [7, 11) is -1.93. The number of methoxy groups -OCH3 is 1. The minimum absolute atomic E-state index is 0.165. The number of sulfonamides is 1. The molecule has 2 aromatic rings. The van der Waals surface area contributed by atoms with E-state index in [-0.39, 0.29) is 23.5 Å². The molecule has 2 rings (SSSR count). The van der Waals surface area contributed by atoms with Gasteiger partial charge in [0, 0.05) is 6.54 Å². The molecule has 0 saturated carbocycles. The molecule has 0 saturated heterocycles. The van der Waals surface area contributed by atoms with E-state index in [1.807, 2.05) is 38.1 Å². The van der Waals surface area contributed by atoms with Crippen molar-refractivity contribution in [2.75, 3.05) is 20.3 Å². The van der Waals surface area contributed by atoms with Crippen LogP contribution in [0.5, 0.6) is 11.5 Å². The summed E-state index contributed by atoms with van der Waals surface area (Å²) in [6.45, 7) is 4.12. The predicted molar refractivity (Wildman–Crippen MR) is 112 cm³/mol. The lowest BCUT2D eigenvalue weighted by atomic mass is 10.1. The second-order valence-electron chi connectivity index (χ2n) is 6.57. The van der Waals surface area contributed by atoms with Crippen molar-refractivity contribution in [1.29, 1.82) is 0 Å². The number of rotatable bonds is 11. The van der Waals surface area contributed by atoms with Gasteiger partial charge in [-0.1, -0.05) is 25.5 Å². The van der Waals surface area contributed by atoms with Gasteiger partial charge in [0.1, 0.15) is 11.5 Å². The fourth-order valence-corrected chi connectivity index (χ4v) is 3.66. The van der Waals surface area contributed by atoms with Crippen LogP contribution in [0.4, 0.5) is 0 Å². The third-order valence-corrected chi connectivity index (χ3v) is 5.80. The Balaban J connectivity index is 1.85. The normalized spacial score (nSPS) is 12.2. The first-order valence-electron chi connectivity index (χ1n) is 9.51. The Hall–Kier alpha value is -2.58. The van der Waals surface area contributed by atoms with Gasteiger partial charge >= 0.3 is 0 Å². The van der Waals surface area contributed by atoms with Crippen molar-refractivity contribution in [3.63, 3.8) is 0 Å². The van der Waals surface area contributed by atoms with Gasteiger partial charge in [0.25, 0.3) is 5.91 Å². The van der Waals surface area contributed by atoms with E-state index in [0.29, 0.717) is 12.3 Å². The molecule has 8 heteroatoms. The summed E-state index contributed by atoms with van der Waals surface area (Å²) < 4.78 is 37.4. The number of hydrogen-bond donors (Lipinski definition) is 2. The Bertz CT molecular complexity index is 880. The third kappa shape index (κ3) is 7.07. The SMILES string of the molecule is CCCCNS(=O)(=O)c1ccc(OCC(=O)N[C@H](C)c2ccc(OC)cc2)cc1. The van der Waals surface area contributed by atoms with Gasteiger partial charge in [-0.25, -0.2) is 13.1 Å². The van der Waals surface area contributed by atoms with Gasteiger partial charge in [-0.05, 0) is 55.3 Å². The first kappa shape index (κ1) is 22.7. The molecule has 0 fully saturated rings. The van der Waals surface area contributed by atoms with Crippen molar-refractivity contribution in [2.24, 2.45) is 0 Å². The van der Waals surface area contributed by atoms with E-state index in [1.165, 1.54) is 24.3 Å². The molecule has 0 aliphatic carbocycles. The molecule has 2 aromatic carbocycles. The third-order valence-electron chi connectivity index (χ3n) is 4.32. The largest absolute Gasteiger partial charge is 0.497 e. The van der Waals surface area contributed by atoms with E-state index in [4.69, 9.17) is 9.47 Å². The summed E-state index contributed by atoms with van der Waals surface area (Å²) in [5, 5.41) is 2.86. The van der Waals surface area contributed by atoms with Crippen LogP contribution >= 0.6 is 0 Å².